The number of benzene rings is 1. The molecule has 1 aromatic carbocycles. The first kappa shape index (κ1) is 22.7. The van der Waals surface area contributed by atoms with Gasteiger partial charge in [-0.05, 0) is 68.5 Å². The van der Waals surface area contributed by atoms with Gasteiger partial charge in [-0.1, -0.05) is 6.07 Å². The normalized spacial score (nSPS) is 15.9. The maximum Gasteiger partial charge on any atom is 0.254 e. The van der Waals surface area contributed by atoms with Crippen molar-refractivity contribution < 1.29 is 14.3 Å². The molecule has 1 fully saturated rings. The maximum atomic E-state index is 13.3. The minimum absolute atomic E-state index is 0.0126. The molecular weight excluding hydrogens is 418 g/mol. The zero-order valence-corrected chi connectivity index (χ0v) is 18.8. The Morgan fingerprint density at radius 2 is 2.00 bits per heavy atom. The molecule has 0 spiro atoms. The van der Waals surface area contributed by atoms with E-state index in [1.807, 2.05) is 53.6 Å². The van der Waals surface area contributed by atoms with Crippen LogP contribution >= 0.6 is 0 Å². The third-order valence-corrected chi connectivity index (χ3v) is 5.87. The first-order valence-electron chi connectivity index (χ1n) is 11.3. The second-order valence-corrected chi connectivity index (χ2v) is 8.21. The van der Waals surface area contributed by atoms with Crippen molar-refractivity contribution in [2.24, 2.45) is 0 Å². The van der Waals surface area contributed by atoms with Crippen molar-refractivity contribution in [2.45, 2.75) is 38.1 Å². The summed E-state index contributed by atoms with van der Waals surface area (Å²) in [6.07, 6.45) is 10.1. The lowest BCUT2D eigenvalue weighted by molar-refractivity contribution is -0.119. The number of carbonyl (C=O) groups excluding carboxylic acids is 2. The molecule has 172 valence electrons. The number of anilines is 1. The first-order valence-corrected chi connectivity index (χ1v) is 11.3. The van der Waals surface area contributed by atoms with E-state index in [4.69, 9.17) is 4.74 Å². The number of pyridine rings is 1. The van der Waals surface area contributed by atoms with Crippen LogP contribution in [0.15, 0.2) is 61.1 Å². The third-order valence-electron chi connectivity index (χ3n) is 5.87. The van der Waals surface area contributed by atoms with Crippen LogP contribution in [0.2, 0.25) is 0 Å². The number of aryl methyl sites for hydroxylation is 1. The number of amides is 2. The van der Waals surface area contributed by atoms with Gasteiger partial charge in [-0.15, -0.1) is 0 Å². The highest BCUT2D eigenvalue weighted by atomic mass is 16.5. The van der Waals surface area contributed by atoms with Gasteiger partial charge in [-0.25, -0.2) is 4.68 Å². The molecule has 1 aliphatic heterocycles. The van der Waals surface area contributed by atoms with E-state index in [-0.39, 0.29) is 24.5 Å². The number of methoxy groups -OCH3 is 1. The van der Waals surface area contributed by atoms with Gasteiger partial charge in [0.15, 0.2) is 0 Å². The fourth-order valence-electron chi connectivity index (χ4n) is 4.21. The molecule has 0 radical (unpaired) electrons. The number of likely N-dealkylation sites (tertiary alicyclic amines) is 1. The average molecular weight is 448 g/mol. The molecule has 8 nitrogen and oxygen atoms in total. The predicted molar refractivity (Wildman–Crippen MR) is 125 cm³/mol. The highest BCUT2D eigenvalue weighted by Crippen LogP contribution is 2.24. The van der Waals surface area contributed by atoms with Crippen molar-refractivity contribution in [1.29, 1.82) is 0 Å². The molecule has 2 amide bonds. The van der Waals surface area contributed by atoms with Crippen LogP contribution in [-0.4, -0.2) is 57.8 Å². The summed E-state index contributed by atoms with van der Waals surface area (Å²) >= 11 is 0. The molecule has 0 saturated carbocycles. The van der Waals surface area contributed by atoms with E-state index in [0.29, 0.717) is 11.3 Å². The van der Waals surface area contributed by atoms with Crippen LogP contribution in [0.3, 0.4) is 0 Å². The van der Waals surface area contributed by atoms with E-state index < -0.39 is 0 Å². The highest BCUT2D eigenvalue weighted by molar-refractivity contribution is 5.94. The fraction of sp³-hybridized carbons (Fsp3) is 0.360. The number of aromatic nitrogens is 3. The summed E-state index contributed by atoms with van der Waals surface area (Å²) < 4.78 is 6.48. The van der Waals surface area contributed by atoms with Gasteiger partial charge in [-0.2, -0.15) is 5.10 Å². The number of hydrogen-bond donors (Lipinski definition) is 1. The number of piperidine rings is 1. The van der Waals surface area contributed by atoms with Crippen LogP contribution < -0.4 is 5.32 Å². The fourth-order valence-corrected chi connectivity index (χ4v) is 4.21. The van der Waals surface area contributed by atoms with Crippen LogP contribution in [-0.2, 0) is 16.0 Å². The molecule has 4 rings (SSSR count). The van der Waals surface area contributed by atoms with Crippen LogP contribution in [0.5, 0.6) is 0 Å². The number of ether oxygens (including phenoxy) is 1. The molecule has 33 heavy (non-hydrogen) atoms. The summed E-state index contributed by atoms with van der Waals surface area (Å²) in [5.41, 5.74) is 3.13. The van der Waals surface area contributed by atoms with E-state index in [9.17, 15) is 9.59 Å². The topological polar surface area (TPSA) is 89.3 Å². The van der Waals surface area contributed by atoms with Gasteiger partial charge in [0, 0.05) is 37.2 Å². The lowest BCUT2D eigenvalue weighted by Gasteiger charge is -2.36. The number of carbonyl (C=O) groups is 2. The largest absolute Gasteiger partial charge is 0.375 e. The molecule has 8 heteroatoms. The second kappa shape index (κ2) is 10.9. The summed E-state index contributed by atoms with van der Waals surface area (Å²) in [6, 6.07) is 13.6. The van der Waals surface area contributed by atoms with Crippen LogP contribution in [0, 0.1) is 0 Å². The Labute approximate surface area is 193 Å². The van der Waals surface area contributed by atoms with Crippen LogP contribution in [0.4, 0.5) is 5.69 Å². The molecule has 1 unspecified atom stereocenters. The summed E-state index contributed by atoms with van der Waals surface area (Å²) in [7, 11) is 1.47. The molecule has 2 aromatic heterocycles. The van der Waals surface area contributed by atoms with E-state index >= 15 is 0 Å². The molecule has 0 aliphatic carbocycles. The Bertz CT molecular complexity index is 1070. The standard InChI is InChI=1S/C25H29N5O3/c1-33-18-24(31)28-21-16-27-30(17-21)23-11-8-19(9-12-23)25(32)29-15-5-3-7-22(29)13-10-20-6-2-4-14-26-20/h2,4,6,8-9,11-12,14,16-17,22H,3,5,7,10,13,15,18H2,1H3,(H,28,31). The smallest absolute Gasteiger partial charge is 0.254 e. The first-order chi connectivity index (χ1) is 16.1. The van der Waals surface area contributed by atoms with Crippen molar-refractivity contribution in [2.75, 3.05) is 25.6 Å². The monoisotopic (exact) mass is 447 g/mol. The number of rotatable bonds is 8. The molecule has 3 heterocycles. The number of nitrogens with one attached hydrogen (secondary N) is 1. The van der Waals surface area contributed by atoms with E-state index in [1.165, 1.54) is 7.11 Å². The van der Waals surface area contributed by atoms with Gasteiger partial charge in [0.25, 0.3) is 5.91 Å². The summed E-state index contributed by atoms with van der Waals surface area (Å²) in [5, 5.41) is 7.01. The van der Waals surface area contributed by atoms with E-state index in [1.54, 1.807) is 17.1 Å². The Morgan fingerprint density at radius 1 is 1.15 bits per heavy atom. The Kier molecular flexibility index (Phi) is 7.47. The Morgan fingerprint density at radius 3 is 2.76 bits per heavy atom. The predicted octanol–water partition coefficient (Wildman–Crippen LogP) is 3.48. The van der Waals surface area contributed by atoms with Gasteiger partial charge in [0.1, 0.15) is 6.61 Å². The summed E-state index contributed by atoms with van der Waals surface area (Å²) in [6.45, 7) is 0.776. The Balaban J connectivity index is 1.40. The number of hydrogen-bond acceptors (Lipinski definition) is 5. The van der Waals surface area contributed by atoms with E-state index in [2.05, 4.69) is 15.4 Å². The third kappa shape index (κ3) is 5.84. The van der Waals surface area contributed by atoms with Crippen molar-refractivity contribution in [3.63, 3.8) is 0 Å². The van der Waals surface area contributed by atoms with Gasteiger partial charge >= 0.3 is 0 Å². The van der Waals surface area contributed by atoms with Crippen molar-refractivity contribution in [3.05, 3.63) is 72.3 Å². The van der Waals surface area contributed by atoms with Crippen molar-refractivity contribution in [3.8, 4) is 5.69 Å². The molecular formula is C25H29N5O3. The maximum absolute atomic E-state index is 13.3. The van der Waals surface area contributed by atoms with Gasteiger partial charge in [-0.3, -0.25) is 14.6 Å². The average Bonchev–Trinajstić information content (AvgIpc) is 3.32. The van der Waals surface area contributed by atoms with Crippen molar-refractivity contribution in [1.82, 2.24) is 19.7 Å². The zero-order valence-electron chi connectivity index (χ0n) is 18.8. The molecule has 1 aliphatic rings. The van der Waals surface area contributed by atoms with Crippen LogP contribution in [0.1, 0.15) is 41.7 Å². The summed E-state index contributed by atoms with van der Waals surface area (Å²) in [5.74, 6) is -0.169. The number of nitrogens with zero attached hydrogens (tertiary/aromatic N) is 4. The van der Waals surface area contributed by atoms with Crippen LogP contribution in [0.25, 0.3) is 5.69 Å². The second-order valence-electron chi connectivity index (χ2n) is 8.21. The summed E-state index contributed by atoms with van der Waals surface area (Å²) in [4.78, 5) is 31.4. The zero-order chi connectivity index (χ0) is 23.0. The van der Waals surface area contributed by atoms with Crippen molar-refractivity contribution >= 4 is 17.5 Å². The lowest BCUT2D eigenvalue weighted by Crippen LogP contribution is -2.44. The SMILES string of the molecule is COCC(=O)Nc1cnn(-c2ccc(C(=O)N3CCCCC3CCc3ccccn3)cc2)c1. The highest BCUT2D eigenvalue weighted by Gasteiger charge is 2.27. The molecule has 1 N–H and O–H groups in total. The minimum Gasteiger partial charge on any atom is -0.375 e. The molecule has 3 aromatic rings. The van der Waals surface area contributed by atoms with Gasteiger partial charge < -0.3 is 15.0 Å². The quantitative estimate of drug-likeness (QED) is 0.571. The molecule has 0 bridgehead atoms. The lowest BCUT2D eigenvalue weighted by atomic mass is 9.96. The van der Waals surface area contributed by atoms with Gasteiger partial charge in [0.2, 0.25) is 5.91 Å². The molecule has 1 atom stereocenters. The van der Waals surface area contributed by atoms with E-state index in [0.717, 1.165) is 50.0 Å². The van der Waals surface area contributed by atoms with Gasteiger partial charge in [0.05, 0.1) is 23.8 Å². The molecule has 1 saturated heterocycles. The Hall–Kier alpha value is -3.52. The minimum atomic E-state index is -0.239.